The molecular formula is C9H16N4O2. The molecule has 84 valence electrons. The predicted molar refractivity (Wildman–Crippen MR) is 56.1 cm³/mol. The molecule has 2 unspecified atom stereocenters. The zero-order chi connectivity index (χ0) is 11.4. The van der Waals surface area contributed by atoms with Crippen molar-refractivity contribution in [3.63, 3.8) is 0 Å². The van der Waals surface area contributed by atoms with Crippen LogP contribution in [0.1, 0.15) is 17.4 Å². The molecule has 15 heavy (non-hydrogen) atoms. The number of likely N-dealkylation sites (N-methyl/N-ethyl adjacent to an activating group) is 1. The molecule has 0 saturated carbocycles. The van der Waals surface area contributed by atoms with Gasteiger partial charge in [-0.1, -0.05) is 0 Å². The van der Waals surface area contributed by atoms with Crippen LogP contribution in [0.25, 0.3) is 0 Å². The van der Waals surface area contributed by atoms with Gasteiger partial charge in [0.15, 0.2) is 0 Å². The molecule has 0 bridgehead atoms. The number of hydrogen-bond acceptors (Lipinski definition) is 6. The van der Waals surface area contributed by atoms with Crippen molar-refractivity contribution < 1.29 is 10.2 Å². The van der Waals surface area contributed by atoms with Crippen molar-refractivity contribution >= 4 is 5.95 Å². The minimum Gasteiger partial charge on any atom is -0.389 e. The van der Waals surface area contributed by atoms with Crippen molar-refractivity contribution in [3.05, 3.63) is 17.5 Å². The first-order valence-electron chi connectivity index (χ1n) is 4.66. The second kappa shape index (κ2) is 5.01. The number of nitrogens with one attached hydrogen (secondary N) is 1. The van der Waals surface area contributed by atoms with Gasteiger partial charge in [0.05, 0.1) is 6.10 Å². The molecule has 0 aliphatic rings. The fourth-order valence-electron chi connectivity index (χ4n) is 1.31. The summed E-state index contributed by atoms with van der Waals surface area (Å²) in [5.74, 6) is 0.159. The lowest BCUT2D eigenvalue weighted by Gasteiger charge is -2.18. The van der Waals surface area contributed by atoms with Crippen LogP contribution in [-0.2, 0) is 0 Å². The molecule has 1 aromatic rings. The molecule has 0 aromatic carbocycles. The molecule has 0 aliphatic heterocycles. The molecule has 6 nitrogen and oxygen atoms in total. The van der Waals surface area contributed by atoms with Crippen LogP contribution in [0, 0.1) is 6.92 Å². The van der Waals surface area contributed by atoms with Gasteiger partial charge < -0.3 is 21.3 Å². The fourth-order valence-corrected chi connectivity index (χ4v) is 1.31. The van der Waals surface area contributed by atoms with Crippen molar-refractivity contribution in [2.24, 2.45) is 0 Å². The average molecular weight is 212 g/mol. The summed E-state index contributed by atoms with van der Waals surface area (Å²) >= 11 is 0. The summed E-state index contributed by atoms with van der Waals surface area (Å²) in [5, 5.41) is 22.1. The maximum atomic E-state index is 9.78. The van der Waals surface area contributed by atoms with Gasteiger partial charge in [0.2, 0.25) is 5.95 Å². The quantitative estimate of drug-likeness (QED) is 0.509. The Bertz CT molecular complexity index is 332. The smallest absolute Gasteiger partial charge is 0.220 e. The summed E-state index contributed by atoms with van der Waals surface area (Å²) in [6.45, 7) is 2.01. The van der Waals surface area contributed by atoms with Crippen LogP contribution in [0.5, 0.6) is 0 Å². The van der Waals surface area contributed by atoms with Gasteiger partial charge in [0, 0.05) is 24.0 Å². The van der Waals surface area contributed by atoms with E-state index in [9.17, 15) is 10.2 Å². The van der Waals surface area contributed by atoms with Crippen LogP contribution in [0.2, 0.25) is 0 Å². The zero-order valence-electron chi connectivity index (χ0n) is 8.81. The minimum atomic E-state index is -1.00. The van der Waals surface area contributed by atoms with Gasteiger partial charge in [-0.2, -0.15) is 0 Å². The Hall–Kier alpha value is -1.24. The molecule has 6 heteroatoms. The van der Waals surface area contributed by atoms with Crippen molar-refractivity contribution in [1.82, 2.24) is 15.3 Å². The van der Waals surface area contributed by atoms with Crippen LogP contribution in [0.3, 0.4) is 0 Å². The largest absolute Gasteiger partial charge is 0.389 e. The molecule has 0 saturated heterocycles. The standard InChI is InChI=1S/C9H16N4O2/c1-5-6(3-12-9(10)13-5)8(15)7(14)4-11-2/h3,7-8,11,14-15H,4H2,1-2H3,(H2,10,12,13). The molecule has 1 rings (SSSR count). The average Bonchev–Trinajstić information content (AvgIpc) is 2.17. The Labute approximate surface area is 88.2 Å². The van der Waals surface area contributed by atoms with Crippen LogP contribution in [-0.4, -0.2) is 39.9 Å². The Morgan fingerprint density at radius 2 is 2.20 bits per heavy atom. The van der Waals surface area contributed by atoms with E-state index in [2.05, 4.69) is 15.3 Å². The summed E-state index contributed by atoms with van der Waals surface area (Å²) in [7, 11) is 1.70. The summed E-state index contributed by atoms with van der Waals surface area (Å²) < 4.78 is 0. The maximum Gasteiger partial charge on any atom is 0.220 e. The second-order valence-electron chi connectivity index (χ2n) is 3.34. The van der Waals surface area contributed by atoms with E-state index in [4.69, 9.17) is 5.73 Å². The van der Waals surface area contributed by atoms with E-state index in [1.165, 1.54) is 6.20 Å². The summed E-state index contributed by atoms with van der Waals surface area (Å²) in [6.07, 6.45) is -0.458. The highest BCUT2D eigenvalue weighted by Crippen LogP contribution is 2.18. The van der Waals surface area contributed by atoms with E-state index in [1.807, 2.05) is 0 Å². The van der Waals surface area contributed by atoms with Crippen molar-refractivity contribution in [2.45, 2.75) is 19.1 Å². The molecule has 0 fully saturated rings. The first-order valence-corrected chi connectivity index (χ1v) is 4.66. The first-order chi connectivity index (χ1) is 7.06. The number of hydrogen-bond donors (Lipinski definition) is 4. The van der Waals surface area contributed by atoms with E-state index in [0.717, 1.165) is 0 Å². The van der Waals surface area contributed by atoms with Crippen LogP contribution in [0.4, 0.5) is 5.95 Å². The van der Waals surface area contributed by atoms with Gasteiger partial charge in [0.25, 0.3) is 0 Å². The third-order valence-electron chi connectivity index (χ3n) is 2.13. The zero-order valence-corrected chi connectivity index (χ0v) is 8.81. The minimum absolute atomic E-state index is 0.159. The number of aromatic nitrogens is 2. The lowest BCUT2D eigenvalue weighted by Crippen LogP contribution is -2.30. The maximum absolute atomic E-state index is 9.78. The SMILES string of the molecule is CNCC(O)C(O)c1cnc(N)nc1C. The first kappa shape index (κ1) is 11.8. The van der Waals surface area contributed by atoms with Crippen LogP contribution in [0.15, 0.2) is 6.20 Å². The number of rotatable bonds is 4. The lowest BCUT2D eigenvalue weighted by atomic mass is 10.1. The van der Waals surface area contributed by atoms with Crippen LogP contribution >= 0.6 is 0 Å². The number of aliphatic hydroxyl groups excluding tert-OH is 2. The number of aliphatic hydroxyl groups is 2. The van der Waals surface area contributed by atoms with Gasteiger partial charge in [-0.25, -0.2) is 9.97 Å². The van der Waals surface area contributed by atoms with E-state index < -0.39 is 12.2 Å². The predicted octanol–water partition coefficient (Wildman–Crippen LogP) is -1.02. The number of anilines is 1. The van der Waals surface area contributed by atoms with Gasteiger partial charge in [-0.05, 0) is 14.0 Å². The normalized spacial score (nSPS) is 14.9. The highest BCUT2D eigenvalue weighted by molar-refractivity contribution is 5.26. The van der Waals surface area contributed by atoms with E-state index in [-0.39, 0.29) is 5.95 Å². The summed E-state index contributed by atoms with van der Waals surface area (Å²) in [6, 6.07) is 0. The molecule has 5 N–H and O–H groups in total. The fraction of sp³-hybridized carbons (Fsp3) is 0.556. The molecule has 0 aliphatic carbocycles. The third-order valence-corrected chi connectivity index (χ3v) is 2.13. The summed E-state index contributed by atoms with van der Waals surface area (Å²) in [5.41, 5.74) is 6.45. The van der Waals surface area contributed by atoms with Gasteiger partial charge in [0.1, 0.15) is 6.10 Å². The highest BCUT2D eigenvalue weighted by Gasteiger charge is 2.20. The molecule has 0 amide bonds. The summed E-state index contributed by atoms with van der Waals surface area (Å²) in [4.78, 5) is 7.69. The topological polar surface area (TPSA) is 104 Å². The van der Waals surface area contributed by atoms with E-state index in [1.54, 1.807) is 14.0 Å². The second-order valence-corrected chi connectivity index (χ2v) is 3.34. The van der Waals surface area contributed by atoms with Crippen LogP contribution < -0.4 is 11.1 Å². The Morgan fingerprint density at radius 3 is 2.73 bits per heavy atom. The van der Waals surface area contributed by atoms with Crippen molar-refractivity contribution in [2.75, 3.05) is 19.3 Å². The number of aryl methyl sites for hydroxylation is 1. The van der Waals surface area contributed by atoms with E-state index in [0.29, 0.717) is 17.8 Å². The Kier molecular flexibility index (Phi) is 3.96. The van der Waals surface area contributed by atoms with Crippen molar-refractivity contribution in [3.8, 4) is 0 Å². The third kappa shape index (κ3) is 2.85. The molecule has 0 radical (unpaired) electrons. The van der Waals surface area contributed by atoms with Gasteiger partial charge >= 0.3 is 0 Å². The molecule has 1 aromatic heterocycles. The molecule has 1 heterocycles. The number of nitrogens with zero attached hydrogens (tertiary/aromatic N) is 2. The van der Waals surface area contributed by atoms with Gasteiger partial charge in [-0.3, -0.25) is 0 Å². The highest BCUT2D eigenvalue weighted by atomic mass is 16.3. The molecule has 2 atom stereocenters. The lowest BCUT2D eigenvalue weighted by molar-refractivity contribution is 0.0194. The van der Waals surface area contributed by atoms with Gasteiger partial charge in [-0.15, -0.1) is 0 Å². The Balaban J connectivity index is 2.86. The van der Waals surface area contributed by atoms with Crippen molar-refractivity contribution in [1.29, 1.82) is 0 Å². The molecular weight excluding hydrogens is 196 g/mol. The molecule has 0 spiro atoms. The monoisotopic (exact) mass is 212 g/mol. The Morgan fingerprint density at radius 1 is 1.53 bits per heavy atom. The number of nitrogen functional groups attached to an aromatic ring is 1. The number of nitrogens with two attached hydrogens (primary N) is 1. The van der Waals surface area contributed by atoms with E-state index >= 15 is 0 Å².